The molecule has 0 saturated carbocycles. The van der Waals surface area contributed by atoms with E-state index in [9.17, 15) is 9.59 Å². The van der Waals surface area contributed by atoms with Crippen LogP contribution in [0.15, 0.2) is 0 Å². The third kappa shape index (κ3) is 14.0. The molecule has 0 aliphatic heterocycles. The summed E-state index contributed by atoms with van der Waals surface area (Å²) in [6.07, 6.45) is 15.8. The highest BCUT2D eigenvalue weighted by molar-refractivity contribution is 5.77. The molecule has 0 aromatic heterocycles. The molecule has 0 atom stereocenters. The van der Waals surface area contributed by atoms with Crippen LogP contribution in [0.3, 0.4) is 0 Å². The maximum Gasteiger partial charge on any atom is 0.404 e. The van der Waals surface area contributed by atoms with E-state index in [2.05, 4.69) is 16.5 Å². The van der Waals surface area contributed by atoms with E-state index in [1.165, 1.54) is 57.8 Å². The molecule has 0 bridgehead atoms. The first-order chi connectivity index (χ1) is 12.4. The van der Waals surface area contributed by atoms with Crippen molar-refractivity contribution in [2.45, 2.75) is 103 Å². The standard InChI is InChI=1S/C19H36O7/c1-2-3-4-5-6-7-8-9-10-11-12-13-14-15-17(20)25-16-19(22,23)18(21)26-24/h22-24H,2-16H2,1H3. The SMILES string of the molecule is CCCCCCCCCCCCCCCC(=O)OCC(O)(O)C(=O)OO. The Hall–Kier alpha value is -1.18. The van der Waals surface area contributed by atoms with E-state index < -0.39 is 24.3 Å². The van der Waals surface area contributed by atoms with Crippen LogP contribution in [0, 0.1) is 0 Å². The molecule has 0 amide bonds. The first-order valence-corrected chi connectivity index (χ1v) is 9.90. The van der Waals surface area contributed by atoms with Crippen molar-refractivity contribution in [2.75, 3.05) is 6.61 Å². The summed E-state index contributed by atoms with van der Waals surface area (Å²) in [5.41, 5.74) is 0. The Kier molecular flexibility index (Phi) is 15.3. The van der Waals surface area contributed by atoms with Gasteiger partial charge in [0.1, 0.15) is 0 Å². The molecule has 0 aromatic rings. The van der Waals surface area contributed by atoms with Gasteiger partial charge in [0.25, 0.3) is 0 Å². The van der Waals surface area contributed by atoms with Gasteiger partial charge in [0, 0.05) is 6.42 Å². The minimum Gasteiger partial charge on any atom is -0.459 e. The monoisotopic (exact) mass is 376 g/mol. The van der Waals surface area contributed by atoms with Crippen molar-refractivity contribution >= 4 is 11.9 Å². The van der Waals surface area contributed by atoms with Gasteiger partial charge in [-0.1, -0.05) is 84.0 Å². The molecule has 0 rings (SSSR count). The average Bonchev–Trinajstić information content (AvgIpc) is 2.63. The first-order valence-electron chi connectivity index (χ1n) is 9.90. The summed E-state index contributed by atoms with van der Waals surface area (Å²) in [6, 6.07) is 0. The highest BCUT2D eigenvalue weighted by atomic mass is 17.1. The maximum atomic E-state index is 11.4. The summed E-state index contributed by atoms with van der Waals surface area (Å²) < 4.78 is 4.59. The predicted octanol–water partition coefficient (Wildman–Crippen LogP) is 3.71. The van der Waals surface area contributed by atoms with Crippen molar-refractivity contribution in [3.63, 3.8) is 0 Å². The van der Waals surface area contributed by atoms with Gasteiger partial charge in [-0.2, -0.15) is 5.26 Å². The number of rotatable bonds is 17. The van der Waals surface area contributed by atoms with Gasteiger partial charge in [-0.25, -0.2) is 4.79 Å². The molecule has 3 N–H and O–H groups in total. The smallest absolute Gasteiger partial charge is 0.404 e. The van der Waals surface area contributed by atoms with E-state index in [-0.39, 0.29) is 6.42 Å². The quantitative estimate of drug-likeness (QED) is 0.117. The summed E-state index contributed by atoms with van der Waals surface area (Å²) in [6.45, 7) is 1.26. The van der Waals surface area contributed by atoms with Crippen LogP contribution < -0.4 is 0 Å². The van der Waals surface area contributed by atoms with Crippen molar-refractivity contribution < 1.29 is 34.7 Å². The van der Waals surface area contributed by atoms with Crippen LogP contribution in [-0.4, -0.2) is 39.8 Å². The van der Waals surface area contributed by atoms with Crippen molar-refractivity contribution in [2.24, 2.45) is 0 Å². The second-order valence-electron chi connectivity index (χ2n) is 6.85. The lowest BCUT2D eigenvalue weighted by Crippen LogP contribution is -2.44. The maximum absolute atomic E-state index is 11.4. The fourth-order valence-corrected chi connectivity index (χ4v) is 2.67. The molecule has 26 heavy (non-hydrogen) atoms. The highest BCUT2D eigenvalue weighted by Gasteiger charge is 2.37. The zero-order chi connectivity index (χ0) is 19.7. The van der Waals surface area contributed by atoms with E-state index in [0.717, 1.165) is 19.3 Å². The molecule has 0 heterocycles. The molecule has 0 fully saturated rings. The summed E-state index contributed by atoms with van der Waals surface area (Å²) in [7, 11) is 0. The van der Waals surface area contributed by atoms with E-state index in [4.69, 9.17) is 15.5 Å². The fraction of sp³-hybridized carbons (Fsp3) is 0.895. The van der Waals surface area contributed by atoms with Gasteiger partial charge in [-0.05, 0) is 6.42 Å². The molecular weight excluding hydrogens is 340 g/mol. The van der Waals surface area contributed by atoms with Gasteiger partial charge < -0.3 is 14.9 Å². The lowest BCUT2D eigenvalue weighted by atomic mass is 10.0. The van der Waals surface area contributed by atoms with E-state index in [1.54, 1.807) is 0 Å². The van der Waals surface area contributed by atoms with Crippen molar-refractivity contribution in [1.29, 1.82) is 0 Å². The lowest BCUT2D eigenvalue weighted by molar-refractivity contribution is -0.283. The molecule has 0 saturated heterocycles. The molecule has 7 heteroatoms. The van der Waals surface area contributed by atoms with Gasteiger partial charge in [-0.3, -0.25) is 9.68 Å². The Morgan fingerprint density at radius 3 is 1.62 bits per heavy atom. The number of hydrogen-bond acceptors (Lipinski definition) is 7. The van der Waals surface area contributed by atoms with Crippen molar-refractivity contribution in [3.05, 3.63) is 0 Å². The highest BCUT2D eigenvalue weighted by Crippen LogP contribution is 2.13. The molecule has 0 unspecified atom stereocenters. The Morgan fingerprint density at radius 1 is 0.769 bits per heavy atom. The second-order valence-corrected chi connectivity index (χ2v) is 6.85. The molecule has 0 aliphatic carbocycles. The number of unbranched alkanes of at least 4 members (excludes halogenated alkanes) is 12. The average molecular weight is 376 g/mol. The van der Waals surface area contributed by atoms with Crippen LogP contribution in [0.1, 0.15) is 96.8 Å². The third-order valence-electron chi connectivity index (χ3n) is 4.33. The van der Waals surface area contributed by atoms with Gasteiger partial charge in [0.15, 0.2) is 6.61 Å². The number of ether oxygens (including phenoxy) is 1. The Morgan fingerprint density at radius 2 is 1.19 bits per heavy atom. The molecule has 0 spiro atoms. The third-order valence-corrected chi connectivity index (χ3v) is 4.33. The van der Waals surface area contributed by atoms with Crippen LogP contribution in [-0.2, 0) is 19.2 Å². The minimum absolute atomic E-state index is 0.155. The van der Waals surface area contributed by atoms with Gasteiger partial charge in [0.2, 0.25) is 0 Å². The van der Waals surface area contributed by atoms with Crippen LogP contribution in [0.2, 0.25) is 0 Å². The van der Waals surface area contributed by atoms with E-state index in [0.29, 0.717) is 6.42 Å². The lowest BCUT2D eigenvalue weighted by Gasteiger charge is -2.16. The topological polar surface area (TPSA) is 113 Å². The molecule has 0 aromatic carbocycles. The number of esters is 1. The van der Waals surface area contributed by atoms with Crippen LogP contribution in [0.5, 0.6) is 0 Å². The van der Waals surface area contributed by atoms with Crippen molar-refractivity contribution in [1.82, 2.24) is 0 Å². The van der Waals surface area contributed by atoms with Crippen LogP contribution in [0.25, 0.3) is 0 Å². The summed E-state index contributed by atoms with van der Waals surface area (Å²) in [5.74, 6) is -5.34. The summed E-state index contributed by atoms with van der Waals surface area (Å²) in [5, 5.41) is 26.4. The molecule has 154 valence electrons. The van der Waals surface area contributed by atoms with Crippen LogP contribution in [0.4, 0.5) is 0 Å². The van der Waals surface area contributed by atoms with E-state index in [1.807, 2.05) is 0 Å². The molecule has 0 radical (unpaired) electrons. The molecule has 7 nitrogen and oxygen atoms in total. The number of carbonyl (C=O) groups is 2. The summed E-state index contributed by atoms with van der Waals surface area (Å²) >= 11 is 0. The predicted molar refractivity (Wildman–Crippen MR) is 97.2 cm³/mol. The molecule has 0 aliphatic rings. The number of carbonyl (C=O) groups excluding carboxylic acids is 2. The summed E-state index contributed by atoms with van der Waals surface area (Å²) in [4.78, 5) is 25.4. The van der Waals surface area contributed by atoms with Gasteiger partial charge >= 0.3 is 17.7 Å². The van der Waals surface area contributed by atoms with Crippen LogP contribution >= 0.6 is 0 Å². The van der Waals surface area contributed by atoms with Crippen molar-refractivity contribution in [3.8, 4) is 0 Å². The molecular formula is C19H36O7. The minimum atomic E-state index is -3.03. The van der Waals surface area contributed by atoms with Gasteiger partial charge in [0.05, 0.1) is 0 Å². The zero-order valence-electron chi connectivity index (χ0n) is 16.1. The fourth-order valence-electron chi connectivity index (χ4n) is 2.67. The normalized spacial score (nSPS) is 11.4. The first kappa shape index (κ1) is 24.8. The number of hydrogen-bond donors (Lipinski definition) is 3. The van der Waals surface area contributed by atoms with Gasteiger partial charge in [-0.15, -0.1) is 0 Å². The Labute approximate surface area is 156 Å². The Balaban J connectivity index is 3.39. The zero-order valence-corrected chi connectivity index (χ0v) is 16.1. The number of aliphatic hydroxyl groups is 2. The second kappa shape index (κ2) is 16.0. The van der Waals surface area contributed by atoms with E-state index >= 15 is 0 Å². The Bertz CT molecular complexity index is 369. The largest absolute Gasteiger partial charge is 0.459 e.